The second-order valence-electron chi connectivity index (χ2n) is 4.09. The summed E-state index contributed by atoms with van der Waals surface area (Å²) in [6.45, 7) is 0. The highest BCUT2D eigenvalue weighted by atomic mass is 16.5. The Morgan fingerprint density at radius 1 is 1.20 bits per heavy atom. The summed E-state index contributed by atoms with van der Waals surface area (Å²) in [6.07, 6.45) is 10.4. The Bertz CT molecular complexity index is 302. The number of hydrogen-bond acceptors (Lipinski definition) is 1. The van der Waals surface area contributed by atoms with Crippen molar-refractivity contribution in [1.82, 2.24) is 0 Å². The highest BCUT2D eigenvalue weighted by Gasteiger charge is 2.09. The minimum absolute atomic E-state index is 0.457. The predicted octanol–water partition coefficient (Wildman–Crippen LogP) is 3.70. The second-order valence-corrected chi connectivity index (χ2v) is 4.09. The van der Waals surface area contributed by atoms with Crippen molar-refractivity contribution in [3.8, 4) is 0 Å². The molecule has 0 spiro atoms. The first kappa shape index (κ1) is 10.3. The van der Waals surface area contributed by atoms with Gasteiger partial charge in [-0.15, -0.1) is 0 Å². The molecule has 1 unspecified atom stereocenters. The third-order valence-electron chi connectivity index (χ3n) is 2.86. The van der Waals surface area contributed by atoms with Gasteiger partial charge in [0.25, 0.3) is 0 Å². The van der Waals surface area contributed by atoms with Crippen molar-refractivity contribution in [3.05, 3.63) is 48.2 Å². The zero-order chi connectivity index (χ0) is 10.3. The Morgan fingerprint density at radius 2 is 2.07 bits per heavy atom. The second kappa shape index (κ2) is 5.59. The van der Waals surface area contributed by atoms with Gasteiger partial charge in [-0.3, -0.25) is 0 Å². The van der Waals surface area contributed by atoms with E-state index in [1.54, 1.807) is 0 Å². The third-order valence-corrected chi connectivity index (χ3v) is 2.86. The maximum absolute atomic E-state index is 5.54. The molecular formula is C14H18O. The molecule has 1 aliphatic heterocycles. The molecule has 0 N–H and O–H groups in total. The molecule has 0 saturated heterocycles. The lowest BCUT2D eigenvalue weighted by atomic mass is 10.0. The summed E-state index contributed by atoms with van der Waals surface area (Å²) >= 11 is 0. The van der Waals surface area contributed by atoms with Crippen molar-refractivity contribution in [1.29, 1.82) is 0 Å². The van der Waals surface area contributed by atoms with Gasteiger partial charge in [-0.2, -0.15) is 0 Å². The van der Waals surface area contributed by atoms with Crippen molar-refractivity contribution >= 4 is 0 Å². The average Bonchev–Trinajstić information content (AvgIpc) is 2.32. The Kier molecular flexibility index (Phi) is 3.84. The van der Waals surface area contributed by atoms with E-state index in [9.17, 15) is 0 Å². The van der Waals surface area contributed by atoms with Gasteiger partial charge in [0.15, 0.2) is 0 Å². The summed E-state index contributed by atoms with van der Waals surface area (Å²) in [5.41, 5.74) is 1.43. The van der Waals surface area contributed by atoms with E-state index >= 15 is 0 Å². The minimum atomic E-state index is 0.457. The van der Waals surface area contributed by atoms with Crippen molar-refractivity contribution in [3.63, 3.8) is 0 Å². The molecule has 1 atom stereocenters. The van der Waals surface area contributed by atoms with Crippen LogP contribution in [0.1, 0.15) is 31.2 Å². The lowest BCUT2D eigenvalue weighted by Gasteiger charge is -2.18. The third kappa shape index (κ3) is 3.43. The van der Waals surface area contributed by atoms with E-state index in [0.717, 1.165) is 0 Å². The van der Waals surface area contributed by atoms with E-state index in [2.05, 4.69) is 36.4 Å². The molecule has 1 aliphatic rings. The summed E-state index contributed by atoms with van der Waals surface area (Å²) in [4.78, 5) is 0. The molecule has 0 bridgehead atoms. The molecule has 1 aromatic rings. The van der Waals surface area contributed by atoms with E-state index in [0.29, 0.717) is 6.10 Å². The van der Waals surface area contributed by atoms with Crippen molar-refractivity contribution in [2.24, 2.45) is 0 Å². The minimum Gasteiger partial charge on any atom is -0.498 e. The van der Waals surface area contributed by atoms with Crippen LogP contribution in [-0.2, 0) is 11.2 Å². The summed E-state index contributed by atoms with van der Waals surface area (Å²) in [7, 11) is 0. The van der Waals surface area contributed by atoms with Crippen molar-refractivity contribution in [2.75, 3.05) is 0 Å². The standard InChI is InChI=1S/C14H18O/c1-2-7-13(8-3-1)9-6-11-14-10-4-5-12-15-14/h1-3,5,7-8,12,14H,4,6,9-11H2. The highest BCUT2D eigenvalue weighted by Crippen LogP contribution is 2.16. The van der Waals surface area contributed by atoms with Crippen LogP contribution in [0.25, 0.3) is 0 Å². The summed E-state index contributed by atoms with van der Waals surface area (Å²) < 4.78 is 5.54. The van der Waals surface area contributed by atoms with Crippen LogP contribution in [0.5, 0.6) is 0 Å². The molecule has 1 nitrogen and oxygen atoms in total. The first-order valence-electron chi connectivity index (χ1n) is 5.79. The van der Waals surface area contributed by atoms with Crippen LogP contribution in [0, 0.1) is 0 Å². The SMILES string of the molecule is C1=COC(CCCc2ccccc2)CC1. The van der Waals surface area contributed by atoms with E-state index < -0.39 is 0 Å². The first-order valence-corrected chi connectivity index (χ1v) is 5.79. The zero-order valence-corrected chi connectivity index (χ0v) is 9.06. The molecule has 0 radical (unpaired) electrons. The van der Waals surface area contributed by atoms with Crippen LogP contribution >= 0.6 is 0 Å². The van der Waals surface area contributed by atoms with Gasteiger partial charge in [0, 0.05) is 0 Å². The Hall–Kier alpha value is -1.24. The molecule has 1 heterocycles. The smallest absolute Gasteiger partial charge is 0.0981 e. The number of aryl methyl sites for hydroxylation is 1. The topological polar surface area (TPSA) is 9.23 Å². The maximum Gasteiger partial charge on any atom is 0.0981 e. The molecule has 1 aromatic carbocycles. The Labute approximate surface area is 91.8 Å². The first-order chi connectivity index (χ1) is 7.45. The molecule has 2 rings (SSSR count). The predicted molar refractivity (Wildman–Crippen MR) is 62.6 cm³/mol. The molecule has 0 aromatic heterocycles. The number of ether oxygens (including phenoxy) is 1. The van der Waals surface area contributed by atoms with Crippen molar-refractivity contribution < 1.29 is 4.74 Å². The molecule has 15 heavy (non-hydrogen) atoms. The molecule has 1 heteroatoms. The zero-order valence-electron chi connectivity index (χ0n) is 9.06. The number of benzene rings is 1. The van der Waals surface area contributed by atoms with Gasteiger partial charge in [0.1, 0.15) is 0 Å². The molecule has 0 saturated carbocycles. The van der Waals surface area contributed by atoms with Crippen LogP contribution < -0.4 is 0 Å². The monoisotopic (exact) mass is 202 g/mol. The van der Waals surface area contributed by atoms with Gasteiger partial charge in [0.2, 0.25) is 0 Å². The van der Waals surface area contributed by atoms with Crippen LogP contribution in [0.3, 0.4) is 0 Å². The molecule has 80 valence electrons. The summed E-state index contributed by atoms with van der Waals surface area (Å²) in [5.74, 6) is 0. The van der Waals surface area contributed by atoms with Crippen LogP contribution in [0.4, 0.5) is 0 Å². The average molecular weight is 202 g/mol. The van der Waals surface area contributed by atoms with E-state index in [-0.39, 0.29) is 0 Å². The van der Waals surface area contributed by atoms with Gasteiger partial charge < -0.3 is 4.74 Å². The Balaban J connectivity index is 1.68. The fraction of sp³-hybridized carbons (Fsp3) is 0.429. The molecule has 0 aliphatic carbocycles. The molecule has 0 fully saturated rings. The van der Waals surface area contributed by atoms with Gasteiger partial charge in [-0.25, -0.2) is 0 Å². The quantitative estimate of drug-likeness (QED) is 0.723. The van der Waals surface area contributed by atoms with Crippen LogP contribution in [-0.4, -0.2) is 6.10 Å². The van der Waals surface area contributed by atoms with Gasteiger partial charge >= 0.3 is 0 Å². The van der Waals surface area contributed by atoms with E-state index in [1.807, 2.05) is 6.26 Å². The fourth-order valence-electron chi connectivity index (χ4n) is 1.98. The van der Waals surface area contributed by atoms with Gasteiger partial charge in [-0.1, -0.05) is 30.3 Å². The fourth-order valence-corrected chi connectivity index (χ4v) is 1.98. The molecule has 0 amide bonds. The number of hydrogen-bond donors (Lipinski definition) is 0. The van der Waals surface area contributed by atoms with Gasteiger partial charge in [0.05, 0.1) is 12.4 Å². The normalized spacial score (nSPS) is 19.9. The van der Waals surface area contributed by atoms with E-state index in [1.165, 1.54) is 37.7 Å². The largest absolute Gasteiger partial charge is 0.498 e. The Morgan fingerprint density at radius 3 is 2.80 bits per heavy atom. The summed E-state index contributed by atoms with van der Waals surface area (Å²) in [6, 6.07) is 10.7. The van der Waals surface area contributed by atoms with Crippen LogP contribution in [0.15, 0.2) is 42.7 Å². The maximum atomic E-state index is 5.54. The number of rotatable bonds is 4. The lowest BCUT2D eigenvalue weighted by Crippen LogP contribution is -2.12. The van der Waals surface area contributed by atoms with Crippen LogP contribution in [0.2, 0.25) is 0 Å². The highest BCUT2D eigenvalue weighted by molar-refractivity contribution is 5.14. The van der Waals surface area contributed by atoms with Crippen molar-refractivity contribution in [2.45, 2.75) is 38.2 Å². The lowest BCUT2D eigenvalue weighted by molar-refractivity contribution is 0.114. The van der Waals surface area contributed by atoms with Gasteiger partial charge in [-0.05, 0) is 43.7 Å². The summed E-state index contributed by atoms with van der Waals surface area (Å²) in [5, 5.41) is 0. The van der Waals surface area contributed by atoms with E-state index in [4.69, 9.17) is 4.74 Å². The molecular weight excluding hydrogens is 184 g/mol. The number of allylic oxidation sites excluding steroid dienone is 1.